The van der Waals surface area contributed by atoms with Crippen LogP contribution in [0.3, 0.4) is 0 Å². The number of nitrogens with zero attached hydrogens (tertiary/aromatic N) is 3. The van der Waals surface area contributed by atoms with Gasteiger partial charge in [-0.05, 0) is 55.5 Å². The molecule has 0 bridgehead atoms. The standard InChI is InChI=1S/C23H18FN3O4/c1-2-30-21-18(7-5-13-25-21)23(29)31-14-20-26-19-8-4-3-6-17(19)22(28)27(20)16-11-9-15(24)10-12-16/h3-13H,2,14H2,1H3. The van der Waals surface area contributed by atoms with E-state index in [0.29, 0.717) is 23.2 Å². The Bertz CT molecular complexity index is 1300. The van der Waals surface area contributed by atoms with Crippen LogP contribution in [0.1, 0.15) is 23.1 Å². The molecule has 0 aliphatic rings. The Morgan fingerprint density at radius 2 is 1.84 bits per heavy atom. The molecule has 0 amide bonds. The highest BCUT2D eigenvalue weighted by atomic mass is 19.1. The zero-order chi connectivity index (χ0) is 21.8. The van der Waals surface area contributed by atoms with E-state index in [1.54, 1.807) is 43.3 Å². The number of hydrogen-bond acceptors (Lipinski definition) is 6. The molecule has 156 valence electrons. The molecule has 0 fully saturated rings. The molecule has 2 aromatic carbocycles. The number of esters is 1. The van der Waals surface area contributed by atoms with Crippen LogP contribution in [-0.2, 0) is 11.3 Å². The summed E-state index contributed by atoms with van der Waals surface area (Å²) in [5, 5.41) is 0.396. The van der Waals surface area contributed by atoms with Crippen LogP contribution in [0.15, 0.2) is 71.7 Å². The molecular formula is C23H18FN3O4. The van der Waals surface area contributed by atoms with Crippen molar-refractivity contribution in [2.24, 2.45) is 0 Å². The molecule has 0 atom stereocenters. The first kappa shape index (κ1) is 20.2. The van der Waals surface area contributed by atoms with Gasteiger partial charge in [0.25, 0.3) is 5.56 Å². The number of aromatic nitrogens is 3. The molecule has 0 saturated carbocycles. The lowest BCUT2D eigenvalue weighted by Gasteiger charge is -2.14. The summed E-state index contributed by atoms with van der Waals surface area (Å²) in [5.41, 5.74) is 0.695. The summed E-state index contributed by atoms with van der Waals surface area (Å²) in [6.07, 6.45) is 1.51. The van der Waals surface area contributed by atoms with Gasteiger partial charge in [0.2, 0.25) is 5.88 Å². The molecule has 0 radical (unpaired) electrons. The number of halogens is 1. The Labute approximate surface area is 176 Å². The van der Waals surface area contributed by atoms with Crippen LogP contribution in [0.2, 0.25) is 0 Å². The van der Waals surface area contributed by atoms with Gasteiger partial charge in [0.05, 0.1) is 23.2 Å². The first-order chi connectivity index (χ1) is 15.1. The Hall–Kier alpha value is -4.07. The molecule has 0 spiro atoms. The molecule has 0 N–H and O–H groups in total. The topological polar surface area (TPSA) is 83.3 Å². The number of carbonyl (C=O) groups is 1. The number of carbonyl (C=O) groups excluding carboxylic acids is 1. The van der Waals surface area contributed by atoms with Crippen molar-refractivity contribution in [1.29, 1.82) is 0 Å². The van der Waals surface area contributed by atoms with E-state index in [9.17, 15) is 14.0 Å². The molecule has 0 unspecified atom stereocenters. The molecule has 0 saturated heterocycles. The maximum Gasteiger partial charge on any atom is 0.344 e. The number of ether oxygens (including phenoxy) is 2. The van der Waals surface area contributed by atoms with Crippen LogP contribution in [0, 0.1) is 5.82 Å². The van der Waals surface area contributed by atoms with Gasteiger partial charge in [-0.15, -0.1) is 0 Å². The second-order valence-corrected chi connectivity index (χ2v) is 6.53. The highest BCUT2D eigenvalue weighted by molar-refractivity contribution is 5.91. The highest BCUT2D eigenvalue weighted by Crippen LogP contribution is 2.18. The summed E-state index contributed by atoms with van der Waals surface area (Å²) in [7, 11) is 0. The molecule has 8 heteroatoms. The summed E-state index contributed by atoms with van der Waals surface area (Å²) in [5.74, 6) is -0.730. The van der Waals surface area contributed by atoms with E-state index >= 15 is 0 Å². The van der Waals surface area contributed by atoms with Crippen LogP contribution in [0.4, 0.5) is 4.39 Å². The lowest BCUT2D eigenvalue weighted by Crippen LogP contribution is -2.25. The number of benzene rings is 2. The zero-order valence-electron chi connectivity index (χ0n) is 16.6. The average molecular weight is 419 g/mol. The van der Waals surface area contributed by atoms with Crippen LogP contribution in [0.5, 0.6) is 5.88 Å². The predicted octanol–water partition coefficient (Wildman–Crippen LogP) is 3.68. The molecule has 0 aliphatic heterocycles. The maximum absolute atomic E-state index is 13.4. The minimum atomic E-state index is -0.662. The van der Waals surface area contributed by atoms with Crippen LogP contribution < -0.4 is 10.3 Å². The first-order valence-electron chi connectivity index (χ1n) is 9.60. The molecule has 2 heterocycles. The number of fused-ring (bicyclic) bond motifs is 1. The number of pyridine rings is 1. The van der Waals surface area contributed by atoms with Crippen molar-refractivity contribution in [1.82, 2.24) is 14.5 Å². The van der Waals surface area contributed by atoms with Gasteiger partial charge in [0, 0.05) is 6.20 Å². The van der Waals surface area contributed by atoms with Gasteiger partial charge < -0.3 is 9.47 Å². The van der Waals surface area contributed by atoms with E-state index < -0.39 is 11.8 Å². The smallest absolute Gasteiger partial charge is 0.344 e. The van der Waals surface area contributed by atoms with Gasteiger partial charge in [-0.2, -0.15) is 0 Å². The summed E-state index contributed by atoms with van der Waals surface area (Å²) in [6.45, 7) is 1.84. The van der Waals surface area contributed by atoms with E-state index in [1.165, 1.54) is 35.0 Å². The maximum atomic E-state index is 13.4. The fourth-order valence-corrected chi connectivity index (χ4v) is 3.14. The van der Waals surface area contributed by atoms with E-state index in [0.717, 1.165) is 0 Å². The van der Waals surface area contributed by atoms with Crippen molar-refractivity contribution in [2.75, 3.05) is 6.61 Å². The molecule has 0 aliphatic carbocycles. The number of hydrogen-bond donors (Lipinski definition) is 0. The van der Waals surface area contributed by atoms with Gasteiger partial charge in [0.15, 0.2) is 5.82 Å². The molecular weight excluding hydrogens is 401 g/mol. The lowest BCUT2D eigenvalue weighted by atomic mass is 10.2. The summed E-state index contributed by atoms with van der Waals surface area (Å²) in [6, 6.07) is 15.4. The fourth-order valence-electron chi connectivity index (χ4n) is 3.14. The number of para-hydroxylation sites is 1. The quantitative estimate of drug-likeness (QED) is 0.444. The number of rotatable bonds is 6. The normalized spacial score (nSPS) is 10.8. The second-order valence-electron chi connectivity index (χ2n) is 6.53. The first-order valence-corrected chi connectivity index (χ1v) is 9.60. The Kier molecular flexibility index (Phi) is 5.70. The Morgan fingerprint density at radius 3 is 2.61 bits per heavy atom. The second kappa shape index (κ2) is 8.74. The van der Waals surface area contributed by atoms with Crippen molar-refractivity contribution in [3.8, 4) is 11.6 Å². The molecule has 31 heavy (non-hydrogen) atoms. The highest BCUT2D eigenvalue weighted by Gasteiger charge is 2.18. The predicted molar refractivity (Wildman–Crippen MR) is 112 cm³/mol. The Balaban J connectivity index is 1.73. The molecule has 7 nitrogen and oxygen atoms in total. The minimum absolute atomic E-state index is 0.164. The van der Waals surface area contributed by atoms with Crippen LogP contribution in [-0.4, -0.2) is 27.1 Å². The third kappa shape index (κ3) is 4.13. The van der Waals surface area contributed by atoms with Gasteiger partial charge in [-0.3, -0.25) is 9.36 Å². The van der Waals surface area contributed by atoms with Gasteiger partial charge >= 0.3 is 5.97 Å². The average Bonchev–Trinajstić information content (AvgIpc) is 2.79. The van der Waals surface area contributed by atoms with E-state index in [2.05, 4.69) is 9.97 Å². The fraction of sp³-hybridized carbons (Fsp3) is 0.130. The van der Waals surface area contributed by atoms with E-state index in [4.69, 9.17) is 9.47 Å². The largest absolute Gasteiger partial charge is 0.477 e. The van der Waals surface area contributed by atoms with Crippen molar-refractivity contribution in [2.45, 2.75) is 13.5 Å². The van der Waals surface area contributed by atoms with E-state index in [-0.39, 0.29) is 29.4 Å². The van der Waals surface area contributed by atoms with Crippen molar-refractivity contribution >= 4 is 16.9 Å². The SMILES string of the molecule is CCOc1ncccc1C(=O)OCc1nc2ccccc2c(=O)n1-c1ccc(F)cc1. The van der Waals surface area contributed by atoms with Crippen molar-refractivity contribution in [3.05, 3.63) is 94.4 Å². The van der Waals surface area contributed by atoms with Gasteiger partial charge in [-0.25, -0.2) is 19.2 Å². The van der Waals surface area contributed by atoms with Crippen LogP contribution in [0.25, 0.3) is 16.6 Å². The van der Waals surface area contributed by atoms with Crippen LogP contribution >= 0.6 is 0 Å². The molecule has 4 aromatic rings. The summed E-state index contributed by atoms with van der Waals surface area (Å²) >= 11 is 0. The summed E-state index contributed by atoms with van der Waals surface area (Å²) < 4.78 is 25.5. The third-order valence-corrected chi connectivity index (χ3v) is 4.53. The van der Waals surface area contributed by atoms with E-state index in [1.807, 2.05) is 0 Å². The van der Waals surface area contributed by atoms with Crippen molar-refractivity contribution in [3.63, 3.8) is 0 Å². The van der Waals surface area contributed by atoms with Gasteiger partial charge in [-0.1, -0.05) is 12.1 Å². The summed E-state index contributed by atoms with van der Waals surface area (Å²) in [4.78, 5) is 34.3. The van der Waals surface area contributed by atoms with Gasteiger partial charge in [0.1, 0.15) is 18.0 Å². The molecule has 2 aromatic heterocycles. The monoisotopic (exact) mass is 419 g/mol. The van der Waals surface area contributed by atoms with Crippen molar-refractivity contribution < 1.29 is 18.7 Å². The lowest BCUT2D eigenvalue weighted by molar-refractivity contribution is 0.0454. The zero-order valence-corrected chi connectivity index (χ0v) is 16.6. The Morgan fingerprint density at radius 1 is 1.06 bits per heavy atom. The molecule has 4 rings (SSSR count). The third-order valence-electron chi connectivity index (χ3n) is 4.53. The minimum Gasteiger partial charge on any atom is -0.477 e.